The predicted molar refractivity (Wildman–Crippen MR) is 112 cm³/mol. The fourth-order valence-electron chi connectivity index (χ4n) is 3.40. The third-order valence-electron chi connectivity index (χ3n) is 5.06. The molecule has 8 heteroatoms. The second-order valence-corrected chi connectivity index (χ2v) is 8.03. The molecular formula is C20H24N6OS. The highest BCUT2D eigenvalue weighted by Crippen LogP contribution is 2.23. The first-order valence-corrected chi connectivity index (χ1v) is 10.6. The van der Waals surface area contributed by atoms with Crippen LogP contribution in [0.1, 0.15) is 11.1 Å². The second-order valence-electron chi connectivity index (χ2n) is 7.05. The highest BCUT2D eigenvalue weighted by molar-refractivity contribution is 7.99. The van der Waals surface area contributed by atoms with Gasteiger partial charge < -0.3 is 9.80 Å². The normalized spacial score (nSPS) is 14.6. The lowest BCUT2D eigenvalue weighted by molar-refractivity contribution is -0.128. The molecule has 1 saturated heterocycles. The zero-order valence-electron chi connectivity index (χ0n) is 16.2. The van der Waals surface area contributed by atoms with Gasteiger partial charge >= 0.3 is 0 Å². The number of piperazine rings is 1. The smallest absolute Gasteiger partial charge is 0.232 e. The van der Waals surface area contributed by atoms with E-state index < -0.39 is 0 Å². The Labute approximate surface area is 168 Å². The fraction of sp³-hybridized carbons (Fsp3) is 0.400. The molecular weight excluding hydrogens is 372 g/mol. The van der Waals surface area contributed by atoms with Crippen molar-refractivity contribution < 1.29 is 4.79 Å². The first kappa shape index (κ1) is 18.7. The van der Waals surface area contributed by atoms with Crippen LogP contribution in [0.2, 0.25) is 0 Å². The van der Waals surface area contributed by atoms with Crippen LogP contribution in [0.5, 0.6) is 0 Å². The summed E-state index contributed by atoms with van der Waals surface area (Å²) in [6, 6.07) is 8.49. The predicted octanol–water partition coefficient (Wildman–Crippen LogP) is 2.25. The van der Waals surface area contributed by atoms with Crippen LogP contribution in [0.3, 0.4) is 0 Å². The number of carbonyl (C=O) groups is 1. The van der Waals surface area contributed by atoms with E-state index in [9.17, 15) is 4.79 Å². The monoisotopic (exact) mass is 396 g/mol. The molecule has 0 saturated carbocycles. The average molecular weight is 397 g/mol. The fourth-order valence-corrected chi connectivity index (χ4v) is 4.29. The zero-order valence-corrected chi connectivity index (χ0v) is 17.0. The van der Waals surface area contributed by atoms with Crippen molar-refractivity contribution in [2.75, 3.05) is 36.8 Å². The lowest BCUT2D eigenvalue weighted by Gasteiger charge is -2.35. The molecule has 2 aromatic heterocycles. The number of aromatic nitrogens is 4. The van der Waals surface area contributed by atoms with E-state index in [-0.39, 0.29) is 5.91 Å². The highest BCUT2D eigenvalue weighted by atomic mass is 32.2. The van der Waals surface area contributed by atoms with E-state index in [2.05, 4.69) is 51.2 Å². The molecule has 146 valence electrons. The Hall–Kier alpha value is -2.61. The molecule has 7 nitrogen and oxygen atoms in total. The number of amides is 1. The van der Waals surface area contributed by atoms with Crippen molar-refractivity contribution in [3.63, 3.8) is 0 Å². The number of nitrogens with zero attached hydrogens (tertiary/aromatic N) is 6. The molecule has 0 radical (unpaired) electrons. The van der Waals surface area contributed by atoms with Gasteiger partial charge in [-0.15, -0.1) is 11.8 Å². The van der Waals surface area contributed by atoms with Crippen LogP contribution < -0.4 is 4.90 Å². The lowest BCUT2D eigenvalue weighted by atomic mass is 10.2. The number of anilines is 1. The van der Waals surface area contributed by atoms with Crippen LogP contribution in [0.4, 0.5) is 5.82 Å². The van der Waals surface area contributed by atoms with E-state index in [1.165, 1.54) is 11.1 Å². The number of rotatable bonds is 5. The van der Waals surface area contributed by atoms with Crippen molar-refractivity contribution >= 4 is 34.5 Å². The Morgan fingerprint density at radius 2 is 1.86 bits per heavy atom. The van der Waals surface area contributed by atoms with Crippen molar-refractivity contribution in [1.29, 1.82) is 0 Å². The third kappa shape index (κ3) is 3.96. The molecule has 1 aliphatic rings. The number of thioether (sulfide) groups is 1. The van der Waals surface area contributed by atoms with Crippen LogP contribution >= 0.6 is 11.8 Å². The maximum absolute atomic E-state index is 12.5. The van der Waals surface area contributed by atoms with E-state index in [0.29, 0.717) is 5.75 Å². The summed E-state index contributed by atoms with van der Waals surface area (Å²) in [6.45, 7) is 5.07. The number of benzene rings is 1. The maximum Gasteiger partial charge on any atom is 0.232 e. The molecule has 0 aliphatic carbocycles. The Morgan fingerprint density at radius 1 is 1.11 bits per heavy atom. The molecule has 0 N–H and O–H groups in total. The van der Waals surface area contributed by atoms with E-state index in [1.807, 2.05) is 18.1 Å². The molecule has 1 amide bonds. The number of hydrogen-bond acceptors (Lipinski definition) is 6. The molecule has 3 aromatic rings. The minimum Gasteiger partial charge on any atom is -0.352 e. The van der Waals surface area contributed by atoms with Crippen molar-refractivity contribution in [2.24, 2.45) is 7.05 Å². The first-order valence-electron chi connectivity index (χ1n) is 9.40. The van der Waals surface area contributed by atoms with Crippen LogP contribution in [-0.4, -0.2) is 62.5 Å². The Bertz CT molecular complexity index is 962. The summed E-state index contributed by atoms with van der Waals surface area (Å²) in [6.07, 6.45) is 3.39. The largest absolute Gasteiger partial charge is 0.352 e. The highest BCUT2D eigenvalue weighted by Gasteiger charge is 2.23. The Kier molecular flexibility index (Phi) is 5.47. The van der Waals surface area contributed by atoms with E-state index >= 15 is 0 Å². The number of hydrogen-bond donors (Lipinski definition) is 0. The summed E-state index contributed by atoms with van der Waals surface area (Å²) in [5.41, 5.74) is 3.35. The minimum absolute atomic E-state index is 0.214. The SMILES string of the molecule is Cc1ccc(CSCC(=O)N2CCN(c3ncnc4c3cnn4C)CC2)cc1. The zero-order chi connectivity index (χ0) is 19.5. The quantitative estimate of drug-likeness (QED) is 0.659. The van der Waals surface area contributed by atoms with E-state index in [4.69, 9.17) is 0 Å². The van der Waals surface area contributed by atoms with Crippen LogP contribution in [0, 0.1) is 6.92 Å². The van der Waals surface area contributed by atoms with Gasteiger partial charge in [0.25, 0.3) is 0 Å². The summed E-state index contributed by atoms with van der Waals surface area (Å²) in [5.74, 6) is 2.50. The molecule has 0 atom stereocenters. The van der Waals surface area contributed by atoms with Gasteiger partial charge in [-0.05, 0) is 12.5 Å². The molecule has 1 aromatic carbocycles. The topological polar surface area (TPSA) is 67.2 Å². The molecule has 1 fully saturated rings. The molecule has 0 bridgehead atoms. The maximum atomic E-state index is 12.5. The average Bonchev–Trinajstić information content (AvgIpc) is 3.11. The summed E-state index contributed by atoms with van der Waals surface area (Å²) in [5, 5.41) is 5.23. The van der Waals surface area contributed by atoms with Crippen molar-refractivity contribution in [3.05, 3.63) is 47.9 Å². The van der Waals surface area contributed by atoms with Gasteiger partial charge in [0.1, 0.15) is 12.1 Å². The number of fused-ring (bicyclic) bond motifs is 1. The third-order valence-corrected chi connectivity index (χ3v) is 6.04. The first-order chi connectivity index (χ1) is 13.6. The standard InChI is InChI=1S/C20H24N6OS/c1-15-3-5-16(6-4-15)12-28-13-18(27)25-7-9-26(10-8-25)20-17-11-23-24(2)19(17)21-14-22-20/h3-6,11,14H,7-10,12-13H2,1-2H3. The van der Waals surface area contributed by atoms with E-state index in [1.54, 1.807) is 22.8 Å². The van der Waals surface area contributed by atoms with E-state index in [0.717, 1.165) is 48.8 Å². The Balaban J connectivity index is 1.29. The van der Waals surface area contributed by atoms with Crippen molar-refractivity contribution in [3.8, 4) is 0 Å². The molecule has 3 heterocycles. The Morgan fingerprint density at radius 3 is 2.61 bits per heavy atom. The molecule has 4 rings (SSSR count). The van der Waals surface area contributed by atoms with Crippen LogP contribution in [0.15, 0.2) is 36.8 Å². The second kappa shape index (κ2) is 8.18. The molecule has 0 unspecified atom stereocenters. The van der Waals surface area contributed by atoms with Crippen LogP contribution in [-0.2, 0) is 17.6 Å². The summed E-state index contributed by atoms with van der Waals surface area (Å²) >= 11 is 1.68. The molecule has 1 aliphatic heterocycles. The van der Waals surface area contributed by atoms with Gasteiger partial charge in [0.15, 0.2) is 5.65 Å². The van der Waals surface area contributed by atoms with Crippen LogP contribution in [0.25, 0.3) is 11.0 Å². The van der Waals surface area contributed by atoms with Gasteiger partial charge in [0.2, 0.25) is 5.91 Å². The van der Waals surface area contributed by atoms with Gasteiger partial charge in [-0.3, -0.25) is 9.48 Å². The molecule has 28 heavy (non-hydrogen) atoms. The van der Waals surface area contributed by atoms with Crippen molar-refractivity contribution in [2.45, 2.75) is 12.7 Å². The lowest BCUT2D eigenvalue weighted by Crippen LogP contribution is -2.49. The molecule has 0 spiro atoms. The van der Waals surface area contributed by atoms with Gasteiger partial charge in [-0.2, -0.15) is 5.10 Å². The summed E-state index contributed by atoms with van der Waals surface area (Å²) < 4.78 is 1.76. The number of carbonyl (C=O) groups excluding carboxylic acids is 1. The van der Waals surface area contributed by atoms with Gasteiger partial charge in [-0.25, -0.2) is 9.97 Å². The van der Waals surface area contributed by atoms with Crippen molar-refractivity contribution in [1.82, 2.24) is 24.6 Å². The van der Waals surface area contributed by atoms with Gasteiger partial charge in [-0.1, -0.05) is 29.8 Å². The summed E-state index contributed by atoms with van der Waals surface area (Å²) in [7, 11) is 1.88. The number of aryl methyl sites for hydroxylation is 2. The van der Waals surface area contributed by atoms with Gasteiger partial charge in [0, 0.05) is 39.0 Å². The van der Waals surface area contributed by atoms with Gasteiger partial charge in [0.05, 0.1) is 17.3 Å². The summed E-state index contributed by atoms with van der Waals surface area (Å²) in [4.78, 5) is 25.5. The minimum atomic E-state index is 0.214.